The lowest BCUT2D eigenvalue weighted by molar-refractivity contribution is -0.187. The van der Waals surface area contributed by atoms with Gasteiger partial charge >= 0.3 is 0 Å². The monoisotopic (exact) mass is 257 g/mol. The first-order chi connectivity index (χ1) is 8.65. The molecule has 2 rings (SSSR count). The molecule has 18 heavy (non-hydrogen) atoms. The van der Waals surface area contributed by atoms with Gasteiger partial charge < -0.3 is 15.2 Å². The molecule has 0 amide bonds. The summed E-state index contributed by atoms with van der Waals surface area (Å²) in [4.78, 5) is 5.05. The molecule has 5 heteroatoms. The molecule has 2 unspecified atom stereocenters. The van der Waals surface area contributed by atoms with E-state index in [1.54, 1.807) is 14.2 Å². The van der Waals surface area contributed by atoms with Crippen LogP contribution in [0.4, 0.5) is 0 Å². The number of hydrogen-bond donors (Lipinski definition) is 1. The number of nitrogens with two attached hydrogens (primary N) is 1. The zero-order chi connectivity index (χ0) is 13.2. The van der Waals surface area contributed by atoms with Crippen LogP contribution in [0.3, 0.4) is 0 Å². The highest BCUT2D eigenvalue weighted by molar-refractivity contribution is 4.97. The van der Waals surface area contributed by atoms with Crippen molar-refractivity contribution in [2.75, 3.05) is 46.9 Å². The number of rotatable bonds is 5. The van der Waals surface area contributed by atoms with E-state index in [-0.39, 0.29) is 11.8 Å². The lowest BCUT2D eigenvalue weighted by atomic mass is 9.96. The van der Waals surface area contributed by atoms with Gasteiger partial charge in [-0.2, -0.15) is 0 Å². The smallest absolute Gasteiger partial charge is 0.176 e. The molecular weight excluding hydrogens is 230 g/mol. The molecule has 0 saturated carbocycles. The molecule has 5 nitrogen and oxygen atoms in total. The fraction of sp³-hybridized carbons (Fsp3) is 1.00. The normalized spacial score (nSPS) is 29.5. The summed E-state index contributed by atoms with van der Waals surface area (Å²) >= 11 is 0. The van der Waals surface area contributed by atoms with Crippen molar-refractivity contribution < 1.29 is 9.47 Å². The Hall–Kier alpha value is -0.200. The van der Waals surface area contributed by atoms with Crippen molar-refractivity contribution in [3.8, 4) is 0 Å². The number of nitrogens with zero attached hydrogens (tertiary/aromatic N) is 2. The van der Waals surface area contributed by atoms with E-state index >= 15 is 0 Å². The molecule has 2 atom stereocenters. The zero-order valence-electron chi connectivity index (χ0n) is 11.9. The minimum absolute atomic E-state index is 0.238. The van der Waals surface area contributed by atoms with E-state index in [9.17, 15) is 0 Å². The maximum Gasteiger partial charge on any atom is 0.176 e. The van der Waals surface area contributed by atoms with Crippen LogP contribution >= 0.6 is 0 Å². The molecule has 0 aromatic heterocycles. The lowest BCUT2D eigenvalue weighted by Crippen LogP contribution is -2.65. The van der Waals surface area contributed by atoms with E-state index in [0.717, 1.165) is 19.6 Å². The fourth-order valence-electron chi connectivity index (χ4n) is 3.43. The Morgan fingerprint density at radius 2 is 2.00 bits per heavy atom. The second-order valence-electron chi connectivity index (χ2n) is 5.64. The Bertz CT molecular complexity index is 273. The molecule has 0 bridgehead atoms. The first-order valence-electron chi connectivity index (χ1n) is 6.90. The molecule has 2 heterocycles. The number of hydrogen-bond acceptors (Lipinski definition) is 5. The Kier molecular flexibility index (Phi) is 4.61. The Balaban J connectivity index is 2.07. The van der Waals surface area contributed by atoms with Gasteiger partial charge in [-0.25, -0.2) is 0 Å². The molecule has 0 aliphatic carbocycles. The molecule has 0 radical (unpaired) electrons. The van der Waals surface area contributed by atoms with Gasteiger partial charge in [0.05, 0.1) is 5.54 Å². The van der Waals surface area contributed by atoms with Gasteiger partial charge in [-0.1, -0.05) is 0 Å². The van der Waals surface area contributed by atoms with Crippen LogP contribution in [0.5, 0.6) is 0 Å². The lowest BCUT2D eigenvalue weighted by Gasteiger charge is -2.49. The largest absolute Gasteiger partial charge is 0.354 e. The minimum atomic E-state index is -0.268. The van der Waals surface area contributed by atoms with Crippen LogP contribution in [0.15, 0.2) is 0 Å². The van der Waals surface area contributed by atoms with Crippen LogP contribution in [0.25, 0.3) is 0 Å². The molecule has 0 spiro atoms. The second-order valence-corrected chi connectivity index (χ2v) is 5.64. The maximum absolute atomic E-state index is 6.01. The summed E-state index contributed by atoms with van der Waals surface area (Å²) in [5.74, 6) is 0. The molecule has 2 fully saturated rings. The molecular formula is C13H27N3O2. The summed E-state index contributed by atoms with van der Waals surface area (Å²) in [6, 6.07) is 0.694. The fourth-order valence-corrected chi connectivity index (χ4v) is 3.43. The van der Waals surface area contributed by atoms with Gasteiger partial charge in [0.1, 0.15) is 0 Å². The van der Waals surface area contributed by atoms with Crippen LogP contribution in [0, 0.1) is 0 Å². The topological polar surface area (TPSA) is 51.0 Å². The third kappa shape index (κ3) is 2.42. The number of methoxy groups -OCH3 is 2. The van der Waals surface area contributed by atoms with E-state index in [1.165, 1.54) is 19.4 Å². The average molecular weight is 257 g/mol. The van der Waals surface area contributed by atoms with Gasteiger partial charge in [0, 0.05) is 46.4 Å². The van der Waals surface area contributed by atoms with Crippen LogP contribution in [-0.4, -0.2) is 74.6 Å². The molecule has 2 aliphatic rings. The van der Waals surface area contributed by atoms with Gasteiger partial charge in [-0.15, -0.1) is 0 Å². The Morgan fingerprint density at radius 1 is 1.28 bits per heavy atom. The predicted octanol–water partition coefficient (Wildman–Crippen LogP) is 0.103. The van der Waals surface area contributed by atoms with Crippen LogP contribution in [-0.2, 0) is 9.47 Å². The second kappa shape index (κ2) is 5.84. The highest BCUT2D eigenvalue weighted by Gasteiger charge is 2.43. The van der Waals surface area contributed by atoms with E-state index in [0.29, 0.717) is 12.6 Å². The third-order valence-corrected chi connectivity index (χ3v) is 4.66. The van der Waals surface area contributed by atoms with Crippen molar-refractivity contribution in [1.82, 2.24) is 9.80 Å². The van der Waals surface area contributed by atoms with E-state index in [4.69, 9.17) is 15.2 Å². The van der Waals surface area contributed by atoms with E-state index in [2.05, 4.69) is 16.7 Å². The number of ether oxygens (including phenoxy) is 2. The highest BCUT2D eigenvalue weighted by atomic mass is 16.7. The predicted molar refractivity (Wildman–Crippen MR) is 71.4 cm³/mol. The van der Waals surface area contributed by atoms with Gasteiger partial charge in [0.25, 0.3) is 0 Å². The Morgan fingerprint density at radius 3 is 2.61 bits per heavy atom. The standard InChI is InChI=1S/C13H27N3O2/c1-13(10-14,12(17-2)18-3)16-8-7-15-6-4-5-11(15)9-16/h11-12H,4-10,14H2,1-3H3. The molecule has 2 saturated heterocycles. The number of fused-ring (bicyclic) bond motifs is 1. The van der Waals surface area contributed by atoms with Crippen molar-refractivity contribution in [2.45, 2.75) is 37.6 Å². The van der Waals surface area contributed by atoms with Crippen molar-refractivity contribution in [3.05, 3.63) is 0 Å². The maximum atomic E-state index is 6.01. The summed E-state index contributed by atoms with van der Waals surface area (Å²) in [6.45, 7) is 7.22. The first-order valence-corrected chi connectivity index (χ1v) is 6.90. The van der Waals surface area contributed by atoms with Gasteiger partial charge in [-0.3, -0.25) is 9.80 Å². The summed E-state index contributed by atoms with van der Waals surface area (Å²) < 4.78 is 10.9. The molecule has 2 N–H and O–H groups in total. The SMILES string of the molecule is COC(OC)C(C)(CN)N1CCN2CCCC2C1. The van der Waals surface area contributed by atoms with E-state index in [1.807, 2.05) is 0 Å². The van der Waals surface area contributed by atoms with Crippen LogP contribution in [0.2, 0.25) is 0 Å². The van der Waals surface area contributed by atoms with Crippen molar-refractivity contribution in [3.63, 3.8) is 0 Å². The summed E-state index contributed by atoms with van der Waals surface area (Å²) in [6.07, 6.45) is 2.37. The quantitative estimate of drug-likeness (QED) is 0.708. The highest BCUT2D eigenvalue weighted by Crippen LogP contribution is 2.28. The van der Waals surface area contributed by atoms with Crippen molar-refractivity contribution >= 4 is 0 Å². The molecule has 106 valence electrons. The third-order valence-electron chi connectivity index (χ3n) is 4.66. The van der Waals surface area contributed by atoms with Crippen LogP contribution in [0.1, 0.15) is 19.8 Å². The van der Waals surface area contributed by atoms with Crippen LogP contribution < -0.4 is 5.73 Å². The summed E-state index contributed by atoms with van der Waals surface area (Å²) in [5.41, 5.74) is 5.77. The molecule has 0 aromatic carbocycles. The Labute approximate surface area is 110 Å². The zero-order valence-corrected chi connectivity index (χ0v) is 11.9. The minimum Gasteiger partial charge on any atom is -0.354 e. The average Bonchev–Trinajstić information content (AvgIpc) is 2.86. The van der Waals surface area contributed by atoms with E-state index < -0.39 is 0 Å². The van der Waals surface area contributed by atoms with Gasteiger partial charge in [-0.05, 0) is 26.3 Å². The van der Waals surface area contributed by atoms with Gasteiger partial charge in [0.2, 0.25) is 0 Å². The molecule has 2 aliphatic heterocycles. The summed E-state index contributed by atoms with van der Waals surface area (Å²) in [5, 5.41) is 0. The first kappa shape index (κ1) is 14.2. The summed E-state index contributed by atoms with van der Waals surface area (Å²) in [7, 11) is 3.38. The van der Waals surface area contributed by atoms with Gasteiger partial charge in [0.15, 0.2) is 6.29 Å². The number of piperazine rings is 1. The van der Waals surface area contributed by atoms with Crippen molar-refractivity contribution in [2.24, 2.45) is 5.73 Å². The van der Waals surface area contributed by atoms with Crippen molar-refractivity contribution in [1.29, 1.82) is 0 Å². The molecule has 0 aromatic rings.